The van der Waals surface area contributed by atoms with E-state index in [1.165, 1.54) is 0 Å². The molecular weight excluding hydrogens is 543 g/mol. The molecule has 2 aliphatic heterocycles. The number of likely N-dealkylation sites (tertiary alicyclic amines) is 1. The Hall–Kier alpha value is -3.95. The first-order valence-electron chi connectivity index (χ1n) is 14.1. The van der Waals surface area contributed by atoms with Crippen LogP contribution in [0.4, 0.5) is 13.2 Å². The summed E-state index contributed by atoms with van der Waals surface area (Å²) >= 11 is 0. The Kier molecular flexibility index (Phi) is 9.39. The SMILES string of the molecule is O=C(C(c1ccccc1)c1ccccc1)N1C[C@H](OC(=O)C(F)(F)F)[C@@H](N2CCN(C/C=C/c3ccccc3)CC2)C1. The van der Waals surface area contributed by atoms with Gasteiger partial charge in [0.25, 0.3) is 0 Å². The second kappa shape index (κ2) is 13.4. The van der Waals surface area contributed by atoms with Crippen LogP contribution in [-0.2, 0) is 14.3 Å². The van der Waals surface area contributed by atoms with E-state index in [1.807, 2.05) is 91.0 Å². The summed E-state index contributed by atoms with van der Waals surface area (Å²) in [6.07, 6.45) is -2.03. The summed E-state index contributed by atoms with van der Waals surface area (Å²) in [5.74, 6) is -3.08. The summed E-state index contributed by atoms with van der Waals surface area (Å²) in [6, 6.07) is 28.1. The number of alkyl halides is 3. The molecule has 2 fully saturated rings. The lowest BCUT2D eigenvalue weighted by atomic mass is 9.90. The van der Waals surface area contributed by atoms with Crippen molar-refractivity contribution in [3.05, 3.63) is 114 Å². The van der Waals surface area contributed by atoms with Gasteiger partial charge in [0.05, 0.1) is 18.5 Å². The van der Waals surface area contributed by atoms with Crippen LogP contribution >= 0.6 is 0 Å². The molecule has 2 aliphatic rings. The quantitative estimate of drug-likeness (QED) is 0.359. The van der Waals surface area contributed by atoms with E-state index in [2.05, 4.69) is 22.0 Å². The fraction of sp³-hybridized carbons (Fsp3) is 0.333. The van der Waals surface area contributed by atoms with Crippen molar-refractivity contribution in [2.45, 2.75) is 24.2 Å². The fourth-order valence-electron chi connectivity index (χ4n) is 5.74. The minimum Gasteiger partial charge on any atom is -0.452 e. The second-order valence-electron chi connectivity index (χ2n) is 10.7. The predicted molar refractivity (Wildman–Crippen MR) is 155 cm³/mol. The van der Waals surface area contributed by atoms with Crippen molar-refractivity contribution in [3.63, 3.8) is 0 Å². The van der Waals surface area contributed by atoms with Crippen LogP contribution in [-0.4, -0.2) is 90.7 Å². The third kappa shape index (κ3) is 7.27. The summed E-state index contributed by atoms with van der Waals surface area (Å²) in [5, 5.41) is 0. The van der Waals surface area contributed by atoms with Crippen LogP contribution in [0.3, 0.4) is 0 Å². The van der Waals surface area contributed by atoms with Gasteiger partial charge in [0.1, 0.15) is 6.10 Å². The maximum atomic E-state index is 14.0. The van der Waals surface area contributed by atoms with E-state index < -0.39 is 30.2 Å². The predicted octanol–water partition coefficient (Wildman–Crippen LogP) is 4.83. The Balaban J connectivity index is 1.30. The van der Waals surface area contributed by atoms with Gasteiger partial charge in [0.2, 0.25) is 5.91 Å². The standard InChI is InChI=1S/C33H34F3N3O3/c34-33(35,36)32(41)42-29-24-39(31(40)30(26-14-6-2-7-15-26)27-16-8-3-9-17-27)23-28(29)38-21-19-37(20-22-38)18-10-13-25-11-4-1-5-12-25/h1-17,28-30H,18-24H2/b13-10+/t28-,29-/m0/s1. The first-order chi connectivity index (χ1) is 20.3. The lowest BCUT2D eigenvalue weighted by Gasteiger charge is -2.39. The molecular formula is C33H34F3N3O3. The van der Waals surface area contributed by atoms with Gasteiger partial charge in [0.15, 0.2) is 0 Å². The third-order valence-electron chi connectivity index (χ3n) is 7.90. The van der Waals surface area contributed by atoms with Crippen LogP contribution in [0, 0.1) is 0 Å². The summed E-state index contributed by atoms with van der Waals surface area (Å²) in [4.78, 5) is 31.8. The molecule has 0 radical (unpaired) electrons. The molecule has 9 heteroatoms. The zero-order valence-corrected chi connectivity index (χ0v) is 23.2. The van der Waals surface area contributed by atoms with Gasteiger partial charge in [-0.2, -0.15) is 13.2 Å². The van der Waals surface area contributed by atoms with Gasteiger partial charge in [-0.1, -0.05) is 103 Å². The number of ether oxygens (including phenoxy) is 1. The topological polar surface area (TPSA) is 53.1 Å². The van der Waals surface area contributed by atoms with E-state index in [0.717, 1.165) is 23.2 Å². The number of nitrogens with zero attached hydrogens (tertiary/aromatic N) is 3. The van der Waals surface area contributed by atoms with Crippen molar-refractivity contribution in [2.24, 2.45) is 0 Å². The minimum absolute atomic E-state index is 0.0957. The molecule has 0 aromatic heterocycles. The van der Waals surface area contributed by atoms with Crippen molar-refractivity contribution in [1.82, 2.24) is 14.7 Å². The highest BCUT2D eigenvalue weighted by atomic mass is 19.4. The average Bonchev–Trinajstić information content (AvgIpc) is 3.42. The number of halogens is 3. The highest BCUT2D eigenvalue weighted by molar-refractivity contribution is 5.87. The molecule has 0 aliphatic carbocycles. The van der Waals surface area contributed by atoms with Crippen molar-refractivity contribution in [2.75, 3.05) is 45.8 Å². The van der Waals surface area contributed by atoms with Crippen LogP contribution < -0.4 is 0 Å². The molecule has 0 saturated carbocycles. The number of carbonyl (C=O) groups is 2. The molecule has 2 heterocycles. The Morgan fingerprint density at radius 3 is 1.90 bits per heavy atom. The number of hydrogen-bond acceptors (Lipinski definition) is 5. The molecule has 0 bridgehead atoms. The summed E-state index contributed by atoms with van der Waals surface area (Å²) in [5.41, 5.74) is 2.70. The first-order valence-corrected chi connectivity index (χ1v) is 14.1. The number of piperazine rings is 1. The van der Waals surface area contributed by atoms with Crippen LogP contribution in [0.5, 0.6) is 0 Å². The molecule has 3 aromatic rings. The van der Waals surface area contributed by atoms with E-state index in [4.69, 9.17) is 4.74 Å². The lowest BCUT2D eigenvalue weighted by molar-refractivity contribution is -0.206. The summed E-state index contributed by atoms with van der Waals surface area (Å²) in [7, 11) is 0. The molecule has 5 rings (SSSR count). The van der Waals surface area contributed by atoms with E-state index in [-0.39, 0.29) is 19.0 Å². The van der Waals surface area contributed by atoms with Gasteiger partial charge in [-0.05, 0) is 16.7 Å². The number of hydrogen-bond donors (Lipinski definition) is 0. The smallest absolute Gasteiger partial charge is 0.452 e. The highest BCUT2D eigenvalue weighted by Crippen LogP contribution is 2.31. The molecule has 0 unspecified atom stereocenters. The highest BCUT2D eigenvalue weighted by Gasteiger charge is 2.48. The van der Waals surface area contributed by atoms with Crippen molar-refractivity contribution in [1.29, 1.82) is 0 Å². The molecule has 2 atom stereocenters. The number of rotatable bonds is 8. The molecule has 6 nitrogen and oxygen atoms in total. The van der Waals surface area contributed by atoms with Gasteiger partial charge < -0.3 is 9.64 Å². The van der Waals surface area contributed by atoms with Crippen LogP contribution in [0.25, 0.3) is 6.08 Å². The number of carbonyl (C=O) groups excluding carboxylic acids is 2. The molecule has 0 N–H and O–H groups in total. The number of amides is 1. The van der Waals surface area contributed by atoms with Gasteiger partial charge in [-0.3, -0.25) is 14.6 Å². The molecule has 1 amide bonds. The Morgan fingerprint density at radius 1 is 0.810 bits per heavy atom. The van der Waals surface area contributed by atoms with E-state index >= 15 is 0 Å². The van der Waals surface area contributed by atoms with Gasteiger partial charge in [-0.25, -0.2) is 4.79 Å². The van der Waals surface area contributed by atoms with Crippen LogP contribution in [0.2, 0.25) is 0 Å². The number of benzene rings is 3. The van der Waals surface area contributed by atoms with Crippen LogP contribution in [0.1, 0.15) is 22.6 Å². The normalized spacial score (nSPS) is 20.3. The minimum atomic E-state index is -5.11. The van der Waals surface area contributed by atoms with Crippen molar-refractivity contribution >= 4 is 18.0 Å². The Labute approximate surface area is 244 Å². The Bertz CT molecular complexity index is 1300. The van der Waals surface area contributed by atoms with Crippen molar-refractivity contribution in [3.8, 4) is 0 Å². The first kappa shape index (κ1) is 29.5. The summed E-state index contributed by atoms with van der Waals surface area (Å²) < 4.78 is 44.7. The molecule has 3 aromatic carbocycles. The molecule has 0 spiro atoms. The van der Waals surface area contributed by atoms with E-state index in [1.54, 1.807) is 4.90 Å². The van der Waals surface area contributed by atoms with Gasteiger partial charge >= 0.3 is 12.1 Å². The van der Waals surface area contributed by atoms with Gasteiger partial charge in [-0.15, -0.1) is 0 Å². The Morgan fingerprint density at radius 2 is 1.36 bits per heavy atom. The third-order valence-corrected chi connectivity index (χ3v) is 7.90. The zero-order chi connectivity index (χ0) is 29.5. The summed E-state index contributed by atoms with van der Waals surface area (Å²) in [6.45, 7) is 3.43. The van der Waals surface area contributed by atoms with Gasteiger partial charge in [0, 0.05) is 39.3 Å². The maximum Gasteiger partial charge on any atom is 0.490 e. The molecule has 42 heavy (non-hydrogen) atoms. The van der Waals surface area contributed by atoms with Crippen molar-refractivity contribution < 1.29 is 27.5 Å². The zero-order valence-electron chi connectivity index (χ0n) is 23.2. The molecule has 220 valence electrons. The maximum absolute atomic E-state index is 14.0. The molecule has 2 saturated heterocycles. The number of esters is 1. The largest absolute Gasteiger partial charge is 0.490 e. The average molecular weight is 578 g/mol. The lowest BCUT2D eigenvalue weighted by Crippen LogP contribution is -2.54. The monoisotopic (exact) mass is 577 g/mol. The second-order valence-corrected chi connectivity index (χ2v) is 10.7. The van der Waals surface area contributed by atoms with E-state index in [9.17, 15) is 22.8 Å². The van der Waals surface area contributed by atoms with E-state index in [0.29, 0.717) is 26.2 Å². The fourth-order valence-corrected chi connectivity index (χ4v) is 5.74. The van der Waals surface area contributed by atoms with Crippen LogP contribution in [0.15, 0.2) is 97.1 Å².